The van der Waals surface area contributed by atoms with Crippen molar-refractivity contribution in [3.05, 3.63) is 82.9 Å². The van der Waals surface area contributed by atoms with Crippen molar-refractivity contribution in [1.29, 1.82) is 0 Å². The van der Waals surface area contributed by atoms with Gasteiger partial charge in [0.05, 0.1) is 17.9 Å². The largest absolute Gasteiger partial charge is 0.481 e. The Hall–Kier alpha value is -3.75. The Morgan fingerprint density at radius 2 is 1.82 bits per heavy atom. The molecular formula is C30H30F4N2O3. The number of benzene rings is 2. The molecule has 2 aromatic carbocycles. The average Bonchev–Trinajstić information content (AvgIpc) is 3.39. The number of halogens is 4. The Morgan fingerprint density at radius 1 is 1.10 bits per heavy atom. The number of nitrogens with zero attached hydrogens (tertiary/aromatic N) is 1. The van der Waals surface area contributed by atoms with Crippen LogP contribution in [0.3, 0.4) is 0 Å². The minimum Gasteiger partial charge on any atom is -0.481 e. The molecule has 4 rings (SSSR count). The van der Waals surface area contributed by atoms with Gasteiger partial charge in [0.2, 0.25) is 5.91 Å². The van der Waals surface area contributed by atoms with Crippen LogP contribution in [0.4, 0.5) is 23.2 Å². The molecule has 1 saturated carbocycles. The van der Waals surface area contributed by atoms with E-state index in [-0.39, 0.29) is 35.3 Å². The van der Waals surface area contributed by atoms with E-state index in [0.29, 0.717) is 17.4 Å². The summed E-state index contributed by atoms with van der Waals surface area (Å²) >= 11 is 0. The summed E-state index contributed by atoms with van der Waals surface area (Å²) in [6.07, 6.45) is 0.715. The Balaban J connectivity index is 1.64. The smallest absolute Gasteiger partial charge is 0.417 e. The molecule has 1 amide bonds. The topological polar surface area (TPSA) is 79.3 Å². The monoisotopic (exact) mass is 542 g/mol. The van der Waals surface area contributed by atoms with Gasteiger partial charge in [-0.25, -0.2) is 4.39 Å². The highest BCUT2D eigenvalue weighted by Crippen LogP contribution is 2.40. The predicted octanol–water partition coefficient (Wildman–Crippen LogP) is 7.71. The lowest BCUT2D eigenvalue weighted by Gasteiger charge is -2.25. The summed E-state index contributed by atoms with van der Waals surface area (Å²) in [5.41, 5.74) is 1.60. The van der Waals surface area contributed by atoms with Gasteiger partial charge in [0, 0.05) is 29.2 Å². The number of aliphatic carboxylic acids is 1. The molecule has 2 N–H and O–H groups in total. The Morgan fingerprint density at radius 3 is 2.46 bits per heavy atom. The van der Waals surface area contributed by atoms with Gasteiger partial charge in [-0.05, 0) is 66.5 Å². The summed E-state index contributed by atoms with van der Waals surface area (Å²) in [4.78, 5) is 28.5. The number of aromatic nitrogens is 1. The van der Waals surface area contributed by atoms with Crippen LogP contribution < -0.4 is 5.32 Å². The number of pyridine rings is 1. The molecule has 1 fully saturated rings. The fourth-order valence-electron chi connectivity index (χ4n) is 5.53. The molecule has 5 nitrogen and oxygen atoms in total. The molecule has 1 aliphatic carbocycles. The third-order valence-corrected chi connectivity index (χ3v) is 7.53. The van der Waals surface area contributed by atoms with Gasteiger partial charge < -0.3 is 10.4 Å². The molecular weight excluding hydrogens is 512 g/mol. The molecule has 1 heterocycles. The van der Waals surface area contributed by atoms with Gasteiger partial charge in [-0.1, -0.05) is 44.0 Å². The summed E-state index contributed by atoms with van der Waals surface area (Å²) in [6.45, 7) is 3.64. The first-order chi connectivity index (χ1) is 18.5. The maximum atomic E-state index is 15.3. The third-order valence-electron chi connectivity index (χ3n) is 7.53. The highest BCUT2D eigenvalue weighted by atomic mass is 19.4. The van der Waals surface area contributed by atoms with Crippen LogP contribution in [0.25, 0.3) is 11.1 Å². The van der Waals surface area contributed by atoms with E-state index in [1.54, 1.807) is 18.2 Å². The summed E-state index contributed by atoms with van der Waals surface area (Å²) in [6, 6.07) is 10.4. The average molecular weight is 543 g/mol. The molecule has 0 unspecified atom stereocenters. The van der Waals surface area contributed by atoms with Crippen LogP contribution in [0.5, 0.6) is 0 Å². The van der Waals surface area contributed by atoms with Crippen molar-refractivity contribution in [3.8, 4) is 11.1 Å². The molecule has 2 atom stereocenters. The van der Waals surface area contributed by atoms with Gasteiger partial charge in [0.1, 0.15) is 5.82 Å². The number of carboxylic acid groups (broad SMARTS) is 1. The van der Waals surface area contributed by atoms with Gasteiger partial charge in [-0.2, -0.15) is 13.2 Å². The second-order valence-electron chi connectivity index (χ2n) is 10.2. The van der Waals surface area contributed by atoms with Crippen molar-refractivity contribution in [1.82, 2.24) is 4.98 Å². The van der Waals surface area contributed by atoms with Gasteiger partial charge in [0.25, 0.3) is 0 Å². The molecule has 9 heteroatoms. The Labute approximate surface area is 224 Å². The summed E-state index contributed by atoms with van der Waals surface area (Å²) in [5, 5.41) is 12.2. The molecule has 1 aliphatic rings. The Kier molecular flexibility index (Phi) is 8.37. The van der Waals surface area contributed by atoms with Gasteiger partial charge in [0.15, 0.2) is 0 Å². The number of hydrogen-bond donors (Lipinski definition) is 2. The van der Waals surface area contributed by atoms with E-state index in [1.807, 2.05) is 19.9 Å². The molecule has 3 aromatic rings. The van der Waals surface area contributed by atoms with Crippen LogP contribution in [0.1, 0.15) is 73.1 Å². The van der Waals surface area contributed by atoms with Gasteiger partial charge in [-0.3, -0.25) is 14.6 Å². The quantitative estimate of drug-likeness (QED) is 0.286. The number of hydrogen-bond acceptors (Lipinski definition) is 3. The SMILES string of the molecule is Cc1c(NC(=O)[C@H](c2ccc(-c3cncc(C(F)(F)F)c3)c(F)c2)C2CCCC2)cccc1[C@@H](C)CC(=O)O. The molecule has 0 saturated heterocycles. The van der Waals surface area contributed by atoms with Crippen molar-refractivity contribution in [3.63, 3.8) is 0 Å². The molecule has 0 bridgehead atoms. The predicted molar refractivity (Wildman–Crippen MR) is 140 cm³/mol. The lowest BCUT2D eigenvalue weighted by atomic mass is 9.83. The molecule has 206 valence electrons. The summed E-state index contributed by atoms with van der Waals surface area (Å²) < 4.78 is 54.8. The highest BCUT2D eigenvalue weighted by molar-refractivity contribution is 5.97. The lowest BCUT2D eigenvalue weighted by molar-refractivity contribution is -0.138. The fraction of sp³-hybridized carbons (Fsp3) is 0.367. The normalized spacial score (nSPS) is 15.6. The lowest BCUT2D eigenvalue weighted by Crippen LogP contribution is -2.27. The zero-order valence-corrected chi connectivity index (χ0v) is 21.7. The van der Waals surface area contributed by atoms with E-state index in [1.165, 1.54) is 18.3 Å². The van der Waals surface area contributed by atoms with Crippen molar-refractivity contribution in [2.75, 3.05) is 5.32 Å². The minimum absolute atomic E-state index is 0.00124. The van der Waals surface area contributed by atoms with Gasteiger partial charge in [-0.15, -0.1) is 0 Å². The number of rotatable bonds is 8. The van der Waals surface area contributed by atoms with E-state index in [0.717, 1.165) is 42.9 Å². The van der Waals surface area contributed by atoms with Crippen LogP contribution >= 0.6 is 0 Å². The summed E-state index contributed by atoms with van der Waals surface area (Å²) in [5.74, 6) is -2.87. The van der Waals surface area contributed by atoms with E-state index in [9.17, 15) is 27.9 Å². The van der Waals surface area contributed by atoms with E-state index in [2.05, 4.69) is 10.3 Å². The first kappa shape index (κ1) is 28.3. The second kappa shape index (κ2) is 11.6. The third kappa shape index (κ3) is 6.46. The Bertz CT molecular complexity index is 1370. The number of carbonyl (C=O) groups excluding carboxylic acids is 1. The number of amides is 1. The maximum Gasteiger partial charge on any atom is 0.417 e. The molecule has 0 aliphatic heterocycles. The molecule has 0 spiro atoms. The number of carbonyl (C=O) groups is 2. The number of alkyl halides is 3. The number of anilines is 1. The van der Waals surface area contributed by atoms with Gasteiger partial charge >= 0.3 is 12.1 Å². The number of nitrogens with one attached hydrogen (secondary N) is 1. The van der Waals surface area contributed by atoms with E-state index < -0.39 is 29.4 Å². The standard InChI is InChI=1S/C30H30F4N2O3/c1-17(12-27(37)38)23-8-5-9-26(18(23)2)36-29(39)28(19-6-3-4-7-19)20-10-11-24(25(31)14-20)21-13-22(16-35-15-21)30(32,33)34/h5,8-11,13-17,19,28H,3-4,6-7,12H2,1-2H3,(H,36,39)(H,37,38)/t17-,28-/m0/s1. The van der Waals surface area contributed by atoms with Crippen LogP contribution in [0.15, 0.2) is 54.9 Å². The van der Waals surface area contributed by atoms with Crippen LogP contribution in [-0.2, 0) is 15.8 Å². The van der Waals surface area contributed by atoms with Crippen LogP contribution in [-0.4, -0.2) is 22.0 Å². The minimum atomic E-state index is -4.61. The zero-order chi connectivity index (χ0) is 28.3. The number of carboxylic acids is 1. The molecule has 1 aromatic heterocycles. The van der Waals surface area contributed by atoms with Crippen molar-refractivity contribution >= 4 is 17.6 Å². The highest BCUT2D eigenvalue weighted by Gasteiger charge is 2.34. The van der Waals surface area contributed by atoms with E-state index >= 15 is 4.39 Å². The summed E-state index contributed by atoms with van der Waals surface area (Å²) in [7, 11) is 0. The molecule has 39 heavy (non-hydrogen) atoms. The van der Waals surface area contributed by atoms with Crippen LogP contribution in [0, 0.1) is 18.7 Å². The maximum absolute atomic E-state index is 15.3. The first-order valence-electron chi connectivity index (χ1n) is 12.9. The second-order valence-corrected chi connectivity index (χ2v) is 10.2. The zero-order valence-electron chi connectivity index (χ0n) is 21.7. The van der Waals surface area contributed by atoms with Crippen LogP contribution in [0.2, 0.25) is 0 Å². The van der Waals surface area contributed by atoms with Crippen molar-refractivity contribution in [2.45, 2.75) is 64.0 Å². The van der Waals surface area contributed by atoms with E-state index in [4.69, 9.17) is 0 Å². The molecule has 0 radical (unpaired) electrons. The first-order valence-corrected chi connectivity index (χ1v) is 12.9. The van der Waals surface area contributed by atoms with Crippen molar-refractivity contribution in [2.24, 2.45) is 5.92 Å². The fourth-order valence-corrected chi connectivity index (χ4v) is 5.53. The van der Waals surface area contributed by atoms with Crippen molar-refractivity contribution < 1.29 is 32.3 Å².